The summed E-state index contributed by atoms with van der Waals surface area (Å²) in [6.07, 6.45) is 3.82. The van der Waals surface area contributed by atoms with Gasteiger partial charge in [-0.15, -0.1) is 0 Å². The lowest BCUT2D eigenvalue weighted by atomic mass is 9.95. The molecule has 1 aromatic rings. The quantitative estimate of drug-likeness (QED) is 0.759. The van der Waals surface area contributed by atoms with Crippen LogP contribution in [-0.2, 0) is 11.3 Å². The third kappa shape index (κ3) is 3.60. The van der Waals surface area contributed by atoms with Crippen LogP contribution in [0.25, 0.3) is 0 Å². The van der Waals surface area contributed by atoms with Gasteiger partial charge in [0.05, 0.1) is 13.4 Å². The number of rotatable bonds is 7. The molecule has 1 aromatic heterocycles. The molecule has 1 N–H and O–H groups in total. The third-order valence-electron chi connectivity index (χ3n) is 3.49. The average Bonchev–Trinajstić information content (AvgIpc) is 2.85. The largest absolute Gasteiger partial charge is 0.463 e. The highest BCUT2D eigenvalue weighted by atomic mass is 16.5. The molecule has 4 heteroatoms. The Morgan fingerprint density at radius 2 is 2.11 bits per heavy atom. The molecule has 1 heterocycles. The fourth-order valence-corrected chi connectivity index (χ4v) is 2.18. The minimum atomic E-state index is -0.424. The van der Waals surface area contributed by atoms with Gasteiger partial charge in [-0.05, 0) is 18.9 Å². The minimum absolute atomic E-state index is 0.293. The van der Waals surface area contributed by atoms with Gasteiger partial charge in [-0.25, -0.2) is 4.79 Å². The van der Waals surface area contributed by atoms with E-state index >= 15 is 0 Å². The number of hydrogen-bond acceptors (Lipinski definition) is 4. The van der Waals surface area contributed by atoms with Gasteiger partial charge in [-0.3, -0.25) is 0 Å². The van der Waals surface area contributed by atoms with Crippen molar-refractivity contribution in [1.29, 1.82) is 0 Å². The molecule has 102 valence electrons. The monoisotopic (exact) mass is 253 g/mol. The van der Waals surface area contributed by atoms with Gasteiger partial charge in [-0.1, -0.05) is 26.7 Å². The van der Waals surface area contributed by atoms with Crippen molar-refractivity contribution in [3.63, 3.8) is 0 Å². The van der Waals surface area contributed by atoms with E-state index < -0.39 is 5.97 Å². The van der Waals surface area contributed by atoms with Gasteiger partial charge in [0, 0.05) is 18.2 Å². The van der Waals surface area contributed by atoms with Crippen molar-refractivity contribution >= 4 is 5.97 Å². The first-order chi connectivity index (χ1) is 8.63. The molecule has 0 bridgehead atoms. The molecule has 0 aliphatic heterocycles. The molecule has 4 nitrogen and oxygen atoms in total. The molecule has 1 unspecified atom stereocenters. The van der Waals surface area contributed by atoms with Crippen LogP contribution >= 0.6 is 0 Å². The summed E-state index contributed by atoms with van der Waals surface area (Å²) in [5, 5.41) is 3.44. The molecule has 0 aromatic carbocycles. The van der Waals surface area contributed by atoms with E-state index in [9.17, 15) is 4.79 Å². The smallest absolute Gasteiger partial charge is 0.374 e. The zero-order chi connectivity index (χ0) is 13.5. The molecule has 0 saturated carbocycles. The number of nitrogens with one attached hydrogen (secondary N) is 1. The van der Waals surface area contributed by atoms with Crippen molar-refractivity contribution in [1.82, 2.24) is 5.32 Å². The molecule has 1 rings (SSSR count). The first-order valence-electron chi connectivity index (χ1n) is 6.52. The Morgan fingerprint density at radius 1 is 1.44 bits per heavy atom. The summed E-state index contributed by atoms with van der Waals surface area (Å²) in [5.41, 5.74) is 0.847. The van der Waals surface area contributed by atoms with Crippen LogP contribution < -0.4 is 5.32 Å². The SMILES string of the molecule is CCC(CC)C(C)NCc1ccoc1C(=O)OC. The second-order valence-electron chi connectivity index (χ2n) is 4.51. The van der Waals surface area contributed by atoms with Crippen molar-refractivity contribution < 1.29 is 13.9 Å². The molecule has 0 amide bonds. The zero-order valence-electron chi connectivity index (χ0n) is 11.7. The van der Waals surface area contributed by atoms with Crippen LogP contribution in [0.1, 0.15) is 49.7 Å². The predicted molar refractivity (Wildman–Crippen MR) is 70.4 cm³/mol. The Labute approximate surface area is 109 Å². The van der Waals surface area contributed by atoms with Crippen LogP contribution in [0.2, 0.25) is 0 Å². The summed E-state index contributed by atoms with van der Waals surface area (Å²) in [5.74, 6) is 0.521. The normalized spacial score (nSPS) is 12.7. The number of carbonyl (C=O) groups excluding carboxylic acids is 1. The lowest BCUT2D eigenvalue weighted by molar-refractivity contribution is 0.0563. The van der Waals surface area contributed by atoms with E-state index in [2.05, 4.69) is 30.8 Å². The van der Waals surface area contributed by atoms with Gasteiger partial charge >= 0.3 is 5.97 Å². The van der Waals surface area contributed by atoms with E-state index in [1.165, 1.54) is 13.4 Å². The second kappa shape index (κ2) is 7.21. The highest BCUT2D eigenvalue weighted by Gasteiger charge is 2.18. The maximum atomic E-state index is 11.4. The number of carbonyl (C=O) groups is 1. The second-order valence-corrected chi connectivity index (χ2v) is 4.51. The van der Waals surface area contributed by atoms with E-state index in [1.54, 1.807) is 6.07 Å². The first-order valence-corrected chi connectivity index (χ1v) is 6.52. The number of esters is 1. The maximum absolute atomic E-state index is 11.4. The van der Waals surface area contributed by atoms with Gasteiger partial charge in [0.25, 0.3) is 0 Å². The zero-order valence-corrected chi connectivity index (χ0v) is 11.7. The summed E-state index contributed by atoms with van der Waals surface area (Å²) < 4.78 is 9.82. The van der Waals surface area contributed by atoms with E-state index in [1.807, 2.05) is 0 Å². The predicted octanol–water partition coefficient (Wildman–Crippen LogP) is 2.98. The molecular formula is C14H23NO3. The molecule has 1 atom stereocenters. The molecule has 0 spiro atoms. The highest BCUT2D eigenvalue weighted by Crippen LogP contribution is 2.15. The average molecular weight is 253 g/mol. The van der Waals surface area contributed by atoms with Gasteiger partial charge in [0.15, 0.2) is 0 Å². The standard InChI is InChI=1S/C14H23NO3/c1-5-11(6-2)10(3)15-9-12-7-8-18-13(12)14(16)17-4/h7-8,10-11,15H,5-6,9H2,1-4H3. The van der Waals surface area contributed by atoms with Gasteiger partial charge in [0.2, 0.25) is 5.76 Å². The fourth-order valence-electron chi connectivity index (χ4n) is 2.18. The third-order valence-corrected chi connectivity index (χ3v) is 3.49. The summed E-state index contributed by atoms with van der Waals surface area (Å²) in [6, 6.07) is 2.22. The van der Waals surface area contributed by atoms with Gasteiger partial charge in [-0.2, -0.15) is 0 Å². The summed E-state index contributed by atoms with van der Waals surface area (Å²) >= 11 is 0. The Kier molecular flexibility index (Phi) is 5.92. The topological polar surface area (TPSA) is 51.5 Å². The van der Waals surface area contributed by atoms with Crippen molar-refractivity contribution in [2.75, 3.05) is 7.11 Å². The van der Waals surface area contributed by atoms with Crippen molar-refractivity contribution in [2.45, 2.75) is 46.2 Å². The van der Waals surface area contributed by atoms with Crippen molar-refractivity contribution in [2.24, 2.45) is 5.92 Å². The fraction of sp³-hybridized carbons (Fsp3) is 0.643. The first kappa shape index (κ1) is 14.8. The van der Waals surface area contributed by atoms with Crippen LogP contribution in [0.5, 0.6) is 0 Å². The molecule has 0 aliphatic rings. The van der Waals surface area contributed by atoms with Crippen molar-refractivity contribution in [3.05, 3.63) is 23.7 Å². The van der Waals surface area contributed by atoms with Gasteiger partial charge < -0.3 is 14.5 Å². The van der Waals surface area contributed by atoms with Crippen LogP contribution in [0, 0.1) is 5.92 Å². The molecule has 0 radical (unpaired) electrons. The Morgan fingerprint density at radius 3 is 2.67 bits per heavy atom. The molecule has 0 aliphatic carbocycles. The maximum Gasteiger partial charge on any atom is 0.374 e. The lowest BCUT2D eigenvalue weighted by Gasteiger charge is -2.22. The molecule has 18 heavy (non-hydrogen) atoms. The number of furan rings is 1. The van der Waals surface area contributed by atoms with E-state index in [4.69, 9.17) is 4.42 Å². The van der Waals surface area contributed by atoms with Crippen LogP contribution in [0.4, 0.5) is 0 Å². The van der Waals surface area contributed by atoms with Crippen LogP contribution in [-0.4, -0.2) is 19.1 Å². The molecule has 0 saturated heterocycles. The van der Waals surface area contributed by atoms with E-state index in [0.29, 0.717) is 24.3 Å². The molecular weight excluding hydrogens is 230 g/mol. The Balaban J connectivity index is 2.58. The van der Waals surface area contributed by atoms with Crippen molar-refractivity contribution in [3.8, 4) is 0 Å². The minimum Gasteiger partial charge on any atom is -0.463 e. The van der Waals surface area contributed by atoms with E-state index in [-0.39, 0.29) is 0 Å². The Hall–Kier alpha value is -1.29. The van der Waals surface area contributed by atoms with Crippen LogP contribution in [0.3, 0.4) is 0 Å². The number of hydrogen-bond donors (Lipinski definition) is 1. The van der Waals surface area contributed by atoms with Crippen LogP contribution in [0.15, 0.2) is 16.7 Å². The molecule has 0 fully saturated rings. The van der Waals surface area contributed by atoms with E-state index in [0.717, 1.165) is 18.4 Å². The summed E-state index contributed by atoms with van der Waals surface area (Å²) in [4.78, 5) is 11.4. The summed E-state index contributed by atoms with van der Waals surface area (Å²) in [6.45, 7) is 7.20. The number of methoxy groups -OCH3 is 1. The summed E-state index contributed by atoms with van der Waals surface area (Å²) in [7, 11) is 1.36. The van der Waals surface area contributed by atoms with Gasteiger partial charge in [0.1, 0.15) is 0 Å². The highest BCUT2D eigenvalue weighted by molar-refractivity contribution is 5.87. The lowest BCUT2D eigenvalue weighted by Crippen LogP contribution is -2.32. The Bertz CT molecular complexity index is 369. The number of ether oxygens (including phenoxy) is 1.